The van der Waals surface area contributed by atoms with Crippen LogP contribution >= 0.6 is 0 Å². The molecule has 0 atom stereocenters. The van der Waals surface area contributed by atoms with Gasteiger partial charge in [0.2, 0.25) is 0 Å². The average Bonchev–Trinajstić information content (AvgIpc) is 3.08. The Bertz CT molecular complexity index is 796. The SMILES string of the molecule is CN(c1cncc(-c2cncc(-n3cccn3)c2)n1)C1CNC1. The van der Waals surface area contributed by atoms with Crippen molar-refractivity contribution in [2.24, 2.45) is 0 Å². The molecule has 7 heteroatoms. The Labute approximate surface area is 134 Å². The van der Waals surface area contributed by atoms with Crippen molar-refractivity contribution in [1.82, 2.24) is 30.0 Å². The maximum Gasteiger partial charge on any atom is 0.147 e. The largest absolute Gasteiger partial charge is 0.353 e. The standard InChI is InChI=1S/C16H17N7/c1-22(14-8-18-9-14)16-11-19-10-15(21-16)12-5-13(7-17-6-12)23-4-2-3-20-23/h2-7,10-11,14,18H,8-9H2,1H3. The van der Waals surface area contributed by atoms with Gasteiger partial charge in [0.05, 0.1) is 36.0 Å². The second kappa shape index (κ2) is 5.77. The van der Waals surface area contributed by atoms with Crippen LogP contribution in [0.2, 0.25) is 0 Å². The number of nitrogens with one attached hydrogen (secondary N) is 1. The zero-order valence-corrected chi connectivity index (χ0v) is 12.8. The maximum absolute atomic E-state index is 4.73. The number of pyridine rings is 1. The lowest BCUT2D eigenvalue weighted by Gasteiger charge is -2.36. The molecule has 1 fully saturated rings. The minimum atomic E-state index is 0.480. The van der Waals surface area contributed by atoms with E-state index in [1.165, 1.54) is 0 Å². The van der Waals surface area contributed by atoms with Gasteiger partial charge in [0, 0.05) is 44.3 Å². The van der Waals surface area contributed by atoms with Crippen LogP contribution in [-0.4, -0.2) is 50.9 Å². The molecule has 1 N–H and O–H groups in total. The fourth-order valence-electron chi connectivity index (χ4n) is 2.51. The van der Waals surface area contributed by atoms with Crippen LogP contribution in [0.1, 0.15) is 0 Å². The van der Waals surface area contributed by atoms with E-state index in [0.29, 0.717) is 6.04 Å². The summed E-state index contributed by atoms with van der Waals surface area (Å²) in [6, 6.07) is 4.38. The van der Waals surface area contributed by atoms with Crippen molar-refractivity contribution in [1.29, 1.82) is 0 Å². The summed E-state index contributed by atoms with van der Waals surface area (Å²) in [5.74, 6) is 0.874. The summed E-state index contributed by atoms with van der Waals surface area (Å²) in [5.41, 5.74) is 2.63. The van der Waals surface area contributed by atoms with Crippen molar-refractivity contribution in [3.8, 4) is 16.9 Å². The van der Waals surface area contributed by atoms with Gasteiger partial charge in [-0.2, -0.15) is 5.10 Å². The van der Waals surface area contributed by atoms with Crippen LogP contribution in [0.5, 0.6) is 0 Å². The molecule has 7 nitrogen and oxygen atoms in total. The van der Waals surface area contributed by atoms with Crippen LogP contribution in [-0.2, 0) is 0 Å². The van der Waals surface area contributed by atoms with Crippen LogP contribution in [0.25, 0.3) is 16.9 Å². The Morgan fingerprint density at radius 2 is 2.04 bits per heavy atom. The van der Waals surface area contributed by atoms with E-state index < -0.39 is 0 Å². The highest BCUT2D eigenvalue weighted by Gasteiger charge is 2.22. The fraction of sp³-hybridized carbons (Fsp3) is 0.250. The summed E-state index contributed by atoms with van der Waals surface area (Å²) in [6.07, 6.45) is 10.8. The van der Waals surface area contributed by atoms with E-state index in [9.17, 15) is 0 Å². The molecule has 116 valence electrons. The van der Waals surface area contributed by atoms with Crippen LogP contribution in [0.3, 0.4) is 0 Å². The molecule has 3 aromatic heterocycles. The first-order valence-corrected chi connectivity index (χ1v) is 7.52. The molecule has 1 aliphatic rings. The number of rotatable bonds is 4. The van der Waals surface area contributed by atoms with Gasteiger partial charge in [0.1, 0.15) is 5.82 Å². The predicted molar refractivity (Wildman–Crippen MR) is 87.4 cm³/mol. The smallest absolute Gasteiger partial charge is 0.147 e. The van der Waals surface area contributed by atoms with Crippen LogP contribution in [0.15, 0.2) is 49.3 Å². The molecular formula is C16H17N7. The Hall–Kier alpha value is -2.80. The normalized spacial score (nSPS) is 14.5. The number of anilines is 1. The van der Waals surface area contributed by atoms with E-state index in [1.807, 2.05) is 18.3 Å². The molecule has 0 spiro atoms. The van der Waals surface area contributed by atoms with E-state index in [-0.39, 0.29) is 0 Å². The van der Waals surface area contributed by atoms with Gasteiger partial charge in [-0.05, 0) is 12.1 Å². The summed E-state index contributed by atoms with van der Waals surface area (Å²) < 4.78 is 1.78. The molecule has 0 aliphatic carbocycles. The minimum absolute atomic E-state index is 0.480. The summed E-state index contributed by atoms with van der Waals surface area (Å²) >= 11 is 0. The maximum atomic E-state index is 4.73. The van der Waals surface area contributed by atoms with Gasteiger partial charge in [-0.3, -0.25) is 9.97 Å². The van der Waals surface area contributed by atoms with Gasteiger partial charge in [0.15, 0.2) is 0 Å². The summed E-state index contributed by atoms with van der Waals surface area (Å²) in [4.78, 5) is 15.5. The van der Waals surface area contributed by atoms with Gasteiger partial charge in [0.25, 0.3) is 0 Å². The first-order valence-electron chi connectivity index (χ1n) is 7.52. The van der Waals surface area contributed by atoms with Crippen molar-refractivity contribution >= 4 is 5.82 Å². The summed E-state index contributed by atoms with van der Waals surface area (Å²) in [6.45, 7) is 1.97. The highest BCUT2D eigenvalue weighted by Crippen LogP contribution is 2.21. The third kappa shape index (κ3) is 2.66. The highest BCUT2D eigenvalue weighted by molar-refractivity contribution is 5.61. The van der Waals surface area contributed by atoms with Crippen molar-refractivity contribution in [3.63, 3.8) is 0 Å². The van der Waals surface area contributed by atoms with Crippen LogP contribution in [0.4, 0.5) is 5.82 Å². The minimum Gasteiger partial charge on any atom is -0.353 e. The fourth-order valence-corrected chi connectivity index (χ4v) is 2.51. The van der Waals surface area contributed by atoms with Crippen LogP contribution < -0.4 is 10.2 Å². The molecule has 0 saturated carbocycles. The second-order valence-corrected chi connectivity index (χ2v) is 5.57. The van der Waals surface area contributed by atoms with Gasteiger partial charge < -0.3 is 10.2 Å². The number of hydrogen-bond donors (Lipinski definition) is 1. The highest BCUT2D eigenvalue weighted by atomic mass is 15.3. The molecule has 0 aromatic carbocycles. The Morgan fingerprint density at radius 1 is 1.17 bits per heavy atom. The molecule has 23 heavy (non-hydrogen) atoms. The zero-order valence-electron chi connectivity index (χ0n) is 12.8. The monoisotopic (exact) mass is 307 g/mol. The summed E-state index contributed by atoms with van der Waals surface area (Å²) in [5, 5.41) is 7.51. The topological polar surface area (TPSA) is 71.8 Å². The Morgan fingerprint density at radius 3 is 2.78 bits per heavy atom. The third-order valence-electron chi connectivity index (χ3n) is 4.08. The molecule has 0 bridgehead atoms. The molecule has 3 aromatic rings. The first kappa shape index (κ1) is 13.8. The van der Waals surface area contributed by atoms with Crippen molar-refractivity contribution < 1.29 is 0 Å². The van der Waals surface area contributed by atoms with Crippen molar-refractivity contribution in [3.05, 3.63) is 49.3 Å². The first-order chi connectivity index (χ1) is 11.3. The predicted octanol–water partition coefficient (Wildman–Crippen LogP) is 1.13. The zero-order chi connectivity index (χ0) is 15.6. The van der Waals surface area contributed by atoms with Crippen molar-refractivity contribution in [2.75, 3.05) is 25.0 Å². The van der Waals surface area contributed by atoms with Crippen LogP contribution in [0, 0.1) is 0 Å². The molecule has 4 rings (SSSR count). The Balaban J connectivity index is 1.66. The van der Waals surface area contributed by atoms with E-state index in [2.05, 4.69) is 32.3 Å². The number of likely N-dealkylation sites (N-methyl/N-ethyl adjacent to an activating group) is 1. The number of aromatic nitrogens is 5. The summed E-state index contributed by atoms with van der Waals surface area (Å²) in [7, 11) is 2.05. The number of nitrogens with zero attached hydrogens (tertiary/aromatic N) is 6. The second-order valence-electron chi connectivity index (χ2n) is 5.57. The van der Waals surface area contributed by atoms with Gasteiger partial charge in [-0.15, -0.1) is 0 Å². The molecule has 0 unspecified atom stereocenters. The molecule has 0 amide bonds. The van der Waals surface area contributed by atoms with Gasteiger partial charge in [-0.1, -0.05) is 0 Å². The molecular weight excluding hydrogens is 290 g/mol. The molecule has 4 heterocycles. The Kier molecular flexibility index (Phi) is 3.47. The van der Waals surface area contributed by atoms with Gasteiger partial charge in [-0.25, -0.2) is 9.67 Å². The van der Waals surface area contributed by atoms with Gasteiger partial charge >= 0.3 is 0 Å². The number of hydrogen-bond acceptors (Lipinski definition) is 6. The average molecular weight is 307 g/mol. The van der Waals surface area contributed by atoms with E-state index >= 15 is 0 Å². The lowest BCUT2D eigenvalue weighted by molar-refractivity contribution is 0.426. The van der Waals surface area contributed by atoms with E-state index in [4.69, 9.17) is 4.98 Å². The lowest BCUT2D eigenvalue weighted by atomic mass is 10.1. The van der Waals surface area contributed by atoms with E-state index in [1.54, 1.807) is 35.7 Å². The van der Waals surface area contributed by atoms with E-state index in [0.717, 1.165) is 35.9 Å². The third-order valence-corrected chi connectivity index (χ3v) is 4.08. The van der Waals surface area contributed by atoms with Crippen molar-refractivity contribution in [2.45, 2.75) is 6.04 Å². The molecule has 1 saturated heterocycles. The molecule has 1 aliphatic heterocycles. The quantitative estimate of drug-likeness (QED) is 0.779. The molecule has 0 radical (unpaired) electrons. The lowest BCUT2D eigenvalue weighted by Crippen LogP contribution is -2.56.